The molecule has 37 heavy (non-hydrogen) atoms. The van der Waals surface area contributed by atoms with E-state index in [1.54, 1.807) is 65.7 Å². The lowest BCUT2D eigenvalue weighted by molar-refractivity contribution is 0.155. The maximum absolute atomic E-state index is 12.6. The van der Waals surface area contributed by atoms with Gasteiger partial charge in [0.15, 0.2) is 0 Å². The first-order chi connectivity index (χ1) is 18.1. The van der Waals surface area contributed by atoms with Gasteiger partial charge < -0.3 is 19.9 Å². The number of hydrogen-bond acceptors (Lipinski definition) is 6. The number of hydrogen-bond donors (Lipinski definition) is 2. The fourth-order valence-corrected chi connectivity index (χ4v) is 4.19. The van der Waals surface area contributed by atoms with Gasteiger partial charge in [0, 0.05) is 56.9 Å². The van der Waals surface area contributed by atoms with E-state index in [9.17, 15) is 4.79 Å². The largest absolute Gasteiger partial charge is 0.457 e. The Morgan fingerprint density at radius 3 is 2.27 bits per heavy atom. The number of pyridine rings is 1. The molecule has 2 aromatic carbocycles. The predicted molar refractivity (Wildman–Crippen MR) is 145 cm³/mol. The van der Waals surface area contributed by atoms with E-state index >= 15 is 0 Å². The standard InChI is InChI=1S/C28H31N7O2/c1-33-18-20-34(21-19-33)17-13-22-2-6-24(7-3-22)35-27(12-16-30-35)32-28(36)31-23-4-8-25(9-5-23)37-26-10-14-29-15-11-26/h2-12,14-16H,13,17-21H2,1H3,(H2,31,32,36). The summed E-state index contributed by atoms with van der Waals surface area (Å²) in [4.78, 5) is 21.5. The summed E-state index contributed by atoms with van der Waals surface area (Å²) in [6.07, 6.45) is 6.03. The van der Waals surface area contributed by atoms with Crippen molar-refractivity contribution < 1.29 is 9.53 Å². The lowest BCUT2D eigenvalue weighted by Gasteiger charge is -2.32. The van der Waals surface area contributed by atoms with E-state index in [-0.39, 0.29) is 6.03 Å². The van der Waals surface area contributed by atoms with Crippen molar-refractivity contribution in [3.05, 3.63) is 90.9 Å². The molecule has 3 heterocycles. The number of benzene rings is 2. The fourth-order valence-electron chi connectivity index (χ4n) is 4.19. The van der Waals surface area contributed by atoms with Gasteiger partial charge in [0.05, 0.1) is 11.9 Å². The Hall–Kier alpha value is -4.21. The summed E-state index contributed by atoms with van der Waals surface area (Å²) < 4.78 is 7.48. The van der Waals surface area contributed by atoms with Gasteiger partial charge in [-0.3, -0.25) is 10.3 Å². The zero-order valence-corrected chi connectivity index (χ0v) is 20.9. The van der Waals surface area contributed by atoms with Crippen LogP contribution in [0.15, 0.2) is 85.3 Å². The Morgan fingerprint density at radius 2 is 1.54 bits per heavy atom. The second-order valence-corrected chi connectivity index (χ2v) is 9.08. The lowest BCUT2D eigenvalue weighted by Crippen LogP contribution is -2.45. The molecule has 4 aromatic rings. The highest BCUT2D eigenvalue weighted by atomic mass is 16.5. The molecule has 1 fully saturated rings. The normalized spacial score (nSPS) is 14.3. The van der Waals surface area contributed by atoms with Crippen molar-refractivity contribution in [3.8, 4) is 17.2 Å². The van der Waals surface area contributed by atoms with Crippen molar-refractivity contribution in [2.45, 2.75) is 6.42 Å². The zero-order chi connectivity index (χ0) is 25.5. The van der Waals surface area contributed by atoms with Crippen LogP contribution in [0.25, 0.3) is 5.69 Å². The number of likely N-dealkylation sites (N-methyl/N-ethyl adjacent to an activating group) is 1. The maximum Gasteiger partial charge on any atom is 0.324 e. The lowest BCUT2D eigenvalue weighted by atomic mass is 10.1. The smallest absolute Gasteiger partial charge is 0.324 e. The third kappa shape index (κ3) is 6.72. The molecule has 0 unspecified atom stereocenters. The van der Waals surface area contributed by atoms with Crippen LogP contribution in [0, 0.1) is 0 Å². The van der Waals surface area contributed by atoms with Crippen molar-refractivity contribution in [3.63, 3.8) is 0 Å². The van der Waals surface area contributed by atoms with Crippen LogP contribution in [0.2, 0.25) is 0 Å². The molecular weight excluding hydrogens is 466 g/mol. The fraction of sp³-hybridized carbons (Fsp3) is 0.250. The molecule has 0 atom stereocenters. The molecule has 1 aliphatic rings. The second-order valence-electron chi connectivity index (χ2n) is 9.08. The molecule has 5 rings (SSSR count). The monoisotopic (exact) mass is 497 g/mol. The Balaban J connectivity index is 1.14. The van der Waals surface area contributed by atoms with Crippen molar-refractivity contribution in [1.82, 2.24) is 24.6 Å². The SMILES string of the molecule is CN1CCN(CCc2ccc(-n3nccc3NC(=O)Nc3ccc(Oc4ccncc4)cc3)cc2)CC1. The number of carbonyl (C=O) groups excluding carboxylic acids is 1. The molecule has 0 spiro atoms. The van der Waals surface area contributed by atoms with Crippen LogP contribution in [0.5, 0.6) is 11.5 Å². The summed E-state index contributed by atoms with van der Waals surface area (Å²) in [5.41, 5.74) is 2.83. The van der Waals surface area contributed by atoms with Crippen molar-refractivity contribution >= 4 is 17.5 Å². The predicted octanol–water partition coefficient (Wildman–Crippen LogP) is 4.49. The van der Waals surface area contributed by atoms with E-state index in [0.29, 0.717) is 23.0 Å². The van der Waals surface area contributed by atoms with Gasteiger partial charge in [-0.2, -0.15) is 5.10 Å². The molecule has 1 aliphatic heterocycles. The van der Waals surface area contributed by atoms with Crippen molar-refractivity contribution in [1.29, 1.82) is 0 Å². The Kier molecular flexibility index (Phi) is 7.73. The van der Waals surface area contributed by atoms with Crippen LogP contribution < -0.4 is 15.4 Å². The average molecular weight is 498 g/mol. The number of aromatic nitrogens is 3. The second kappa shape index (κ2) is 11.7. The molecule has 2 aromatic heterocycles. The number of rotatable bonds is 8. The highest BCUT2D eigenvalue weighted by Gasteiger charge is 2.14. The summed E-state index contributed by atoms with van der Waals surface area (Å²) in [7, 11) is 2.18. The first-order valence-corrected chi connectivity index (χ1v) is 12.4. The van der Waals surface area contributed by atoms with Gasteiger partial charge in [0.25, 0.3) is 0 Å². The summed E-state index contributed by atoms with van der Waals surface area (Å²) in [6, 6.07) is 20.5. The first kappa shape index (κ1) is 24.5. The van der Waals surface area contributed by atoms with Gasteiger partial charge in [0.1, 0.15) is 17.3 Å². The number of nitrogens with one attached hydrogen (secondary N) is 2. The zero-order valence-electron chi connectivity index (χ0n) is 20.9. The average Bonchev–Trinajstić information content (AvgIpc) is 3.38. The maximum atomic E-state index is 12.6. The third-order valence-electron chi connectivity index (χ3n) is 6.38. The molecule has 9 nitrogen and oxygen atoms in total. The topological polar surface area (TPSA) is 87.5 Å². The molecule has 0 bridgehead atoms. The molecule has 2 N–H and O–H groups in total. The molecule has 190 valence electrons. The van der Waals surface area contributed by atoms with Crippen LogP contribution in [0.4, 0.5) is 16.3 Å². The summed E-state index contributed by atoms with van der Waals surface area (Å²) in [5, 5.41) is 10.1. The quantitative estimate of drug-likeness (QED) is 0.373. The molecule has 2 amide bonds. The van der Waals surface area contributed by atoms with Crippen molar-refractivity contribution in [2.75, 3.05) is 50.4 Å². The third-order valence-corrected chi connectivity index (χ3v) is 6.38. The molecule has 1 saturated heterocycles. The summed E-state index contributed by atoms with van der Waals surface area (Å²) in [6.45, 7) is 5.59. The number of amides is 2. The number of ether oxygens (including phenoxy) is 1. The highest BCUT2D eigenvalue weighted by Crippen LogP contribution is 2.23. The molecule has 0 saturated carbocycles. The number of piperazine rings is 1. The van der Waals surface area contributed by atoms with Gasteiger partial charge in [-0.25, -0.2) is 9.48 Å². The summed E-state index contributed by atoms with van der Waals surface area (Å²) >= 11 is 0. The molecule has 0 radical (unpaired) electrons. The summed E-state index contributed by atoms with van der Waals surface area (Å²) in [5.74, 6) is 1.95. The minimum absolute atomic E-state index is 0.353. The van der Waals surface area contributed by atoms with E-state index in [0.717, 1.165) is 44.8 Å². The minimum atomic E-state index is -0.353. The molecule has 9 heteroatoms. The van der Waals surface area contributed by atoms with Gasteiger partial charge in [-0.15, -0.1) is 0 Å². The number of urea groups is 1. The van der Waals surface area contributed by atoms with E-state index in [1.165, 1.54) is 5.56 Å². The Bertz CT molecular complexity index is 1280. The van der Waals surface area contributed by atoms with Crippen LogP contribution in [-0.4, -0.2) is 70.4 Å². The van der Waals surface area contributed by atoms with Crippen LogP contribution >= 0.6 is 0 Å². The molecular formula is C28H31N7O2. The minimum Gasteiger partial charge on any atom is -0.457 e. The van der Waals surface area contributed by atoms with Crippen LogP contribution in [0.3, 0.4) is 0 Å². The van der Waals surface area contributed by atoms with E-state index < -0.39 is 0 Å². The van der Waals surface area contributed by atoms with E-state index in [1.807, 2.05) is 12.1 Å². The molecule has 0 aliphatic carbocycles. The highest BCUT2D eigenvalue weighted by molar-refractivity contribution is 5.99. The van der Waals surface area contributed by atoms with Crippen LogP contribution in [-0.2, 0) is 6.42 Å². The first-order valence-electron chi connectivity index (χ1n) is 12.4. The van der Waals surface area contributed by atoms with Crippen LogP contribution in [0.1, 0.15) is 5.56 Å². The van der Waals surface area contributed by atoms with Gasteiger partial charge in [0.2, 0.25) is 0 Å². The van der Waals surface area contributed by atoms with Gasteiger partial charge in [-0.05, 0) is 67.6 Å². The van der Waals surface area contributed by atoms with E-state index in [2.05, 4.69) is 49.7 Å². The van der Waals surface area contributed by atoms with Gasteiger partial charge in [-0.1, -0.05) is 12.1 Å². The van der Waals surface area contributed by atoms with Gasteiger partial charge >= 0.3 is 6.03 Å². The Labute approximate surface area is 216 Å². The number of carbonyl (C=O) groups is 1. The number of nitrogens with zero attached hydrogens (tertiary/aromatic N) is 5. The van der Waals surface area contributed by atoms with E-state index in [4.69, 9.17) is 4.74 Å². The van der Waals surface area contributed by atoms with Crippen molar-refractivity contribution in [2.24, 2.45) is 0 Å². The Morgan fingerprint density at radius 1 is 0.838 bits per heavy atom. The number of anilines is 2.